The molecule has 17 heavy (non-hydrogen) atoms. The minimum Gasteiger partial charge on any atom is -0.382 e. The van der Waals surface area contributed by atoms with Gasteiger partial charge < -0.3 is 5.73 Å². The fraction of sp³-hybridized carbons (Fsp3) is 0.231. The molecule has 0 saturated carbocycles. The fourth-order valence-electron chi connectivity index (χ4n) is 1.87. The number of hydrogen-bond acceptors (Lipinski definition) is 3. The lowest BCUT2D eigenvalue weighted by atomic mass is 10.1. The van der Waals surface area contributed by atoms with Crippen molar-refractivity contribution in [1.82, 2.24) is 9.97 Å². The summed E-state index contributed by atoms with van der Waals surface area (Å²) < 4.78 is 0. The third-order valence-corrected chi connectivity index (χ3v) is 2.82. The second-order valence-corrected chi connectivity index (χ2v) is 4.28. The number of anilines is 1. The van der Waals surface area contributed by atoms with Crippen LogP contribution in [0.15, 0.2) is 36.7 Å². The molecule has 0 unspecified atom stereocenters. The first-order chi connectivity index (χ1) is 8.25. The molecule has 88 valence electrons. The molecule has 3 rings (SSSR count). The second-order valence-electron chi connectivity index (χ2n) is 3.89. The van der Waals surface area contributed by atoms with Gasteiger partial charge in [0.1, 0.15) is 11.0 Å². The van der Waals surface area contributed by atoms with Gasteiger partial charge in [0.25, 0.3) is 0 Å². The maximum Gasteiger partial charge on any atom is 0.149 e. The Morgan fingerprint density at radius 2 is 1.71 bits per heavy atom. The molecule has 2 N–H and O–H groups in total. The predicted octanol–water partition coefficient (Wildman–Crippen LogP) is 2.89. The summed E-state index contributed by atoms with van der Waals surface area (Å²) in [6, 6.07) is 8.74. The average molecular weight is 248 g/mol. The van der Waals surface area contributed by atoms with E-state index in [1.807, 2.05) is 0 Å². The molecule has 1 aromatic carbocycles. The maximum absolute atomic E-state index is 5.39. The monoisotopic (exact) mass is 247 g/mol. The zero-order chi connectivity index (χ0) is 12.1. The highest BCUT2D eigenvalue weighted by Gasteiger charge is 2.07. The number of rotatable bonds is 0. The van der Waals surface area contributed by atoms with Crippen molar-refractivity contribution in [2.45, 2.75) is 19.3 Å². The molecule has 2 aromatic rings. The number of aromatic nitrogens is 2. The average Bonchev–Trinajstić information content (AvgIpc) is 2.77. The maximum atomic E-state index is 5.39. The first-order valence-electron chi connectivity index (χ1n) is 5.55. The van der Waals surface area contributed by atoms with E-state index < -0.39 is 0 Å². The molecular formula is C13H14ClN3. The van der Waals surface area contributed by atoms with E-state index in [0.717, 1.165) is 0 Å². The van der Waals surface area contributed by atoms with Crippen LogP contribution in [0.3, 0.4) is 0 Å². The fourth-order valence-corrected chi connectivity index (χ4v) is 2.02. The third-order valence-electron chi connectivity index (χ3n) is 2.63. The lowest BCUT2D eigenvalue weighted by Gasteiger charge is -1.93. The number of nitrogens with zero attached hydrogens (tertiary/aromatic N) is 2. The van der Waals surface area contributed by atoms with E-state index in [4.69, 9.17) is 17.3 Å². The van der Waals surface area contributed by atoms with Gasteiger partial charge in [-0.1, -0.05) is 35.9 Å². The summed E-state index contributed by atoms with van der Waals surface area (Å²) in [5.74, 6) is 0.345. The molecule has 4 heteroatoms. The van der Waals surface area contributed by atoms with Gasteiger partial charge in [0, 0.05) is 0 Å². The van der Waals surface area contributed by atoms with E-state index >= 15 is 0 Å². The first kappa shape index (κ1) is 11.9. The van der Waals surface area contributed by atoms with Crippen LogP contribution in [0.2, 0.25) is 5.15 Å². The van der Waals surface area contributed by atoms with Crippen molar-refractivity contribution in [2.75, 3.05) is 5.73 Å². The molecule has 3 nitrogen and oxygen atoms in total. The van der Waals surface area contributed by atoms with Crippen molar-refractivity contribution in [3.05, 3.63) is 52.9 Å². The summed E-state index contributed by atoms with van der Waals surface area (Å²) >= 11 is 5.39. The van der Waals surface area contributed by atoms with Gasteiger partial charge in [0.2, 0.25) is 0 Å². The molecule has 1 aliphatic rings. The van der Waals surface area contributed by atoms with E-state index in [1.54, 1.807) is 11.1 Å². The SMILES string of the molecule is Nc1cncc(Cl)n1.c1ccc2c(c1)CCC2. The molecule has 1 aromatic heterocycles. The number of hydrogen-bond donors (Lipinski definition) is 1. The first-order valence-corrected chi connectivity index (χ1v) is 5.93. The number of benzene rings is 1. The molecular weight excluding hydrogens is 234 g/mol. The molecule has 0 amide bonds. The second kappa shape index (κ2) is 5.64. The van der Waals surface area contributed by atoms with Crippen molar-refractivity contribution >= 4 is 17.4 Å². The summed E-state index contributed by atoms with van der Waals surface area (Å²) in [5, 5.41) is 0.324. The highest BCUT2D eigenvalue weighted by molar-refractivity contribution is 6.29. The lowest BCUT2D eigenvalue weighted by molar-refractivity contribution is 0.912. The normalized spacial score (nSPS) is 12.5. The van der Waals surface area contributed by atoms with Crippen LogP contribution in [-0.4, -0.2) is 9.97 Å². The van der Waals surface area contributed by atoms with Crippen molar-refractivity contribution in [1.29, 1.82) is 0 Å². The Bertz CT molecular complexity index is 459. The van der Waals surface area contributed by atoms with Crippen LogP contribution in [0.4, 0.5) is 5.82 Å². The van der Waals surface area contributed by atoms with Crippen LogP contribution in [0.5, 0.6) is 0 Å². The molecule has 0 spiro atoms. The zero-order valence-corrected chi connectivity index (χ0v) is 10.2. The molecule has 1 heterocycles. The Kier molecular flexibility index (Phi) is 3.94. The van der Waals surface area contributed by atoms with Crippen molar-refractivity contribution in [3.8, 4) is 0 Å². The van der Waals surface area contributed by atoms with Crippen LogP contribution in [0.1, 0.15) is 17.5 Å². The molecule has 0 fully saturated rings. The molecule has 0 saturated heterocycles. The highest BCUT2D eigenvalue weighted by Crippen LogP contribution is 2.20. The van der Waals surface area contributed by atoms with Gasteiger partial charge >= 0.3 is 0 Å². The van der Waals surface area contributed by atoms with Gasteiger partial charge in [-0.15, -0.1) is 0 Å². The van der Waals surface area contributed by atoms with Crippen LogP contribution in [0, 0.1) is 0 Å². The lowest BCUT2D eigenvalue weighted by Crippen LogP contribution is -1.89. The summed E-state index contributed by atoms with van der Waals surface area (Å²) in [6.45, 7) is 0. The topological polar surface area (TPSA) is 51.8 Å². The van der Waals surface area contributed by atoms with Gasteiger partial charge in [-0.25, -0.2) is 4.98 Å². The molecule has 0 atom stereocenters. The van der Waals surface area contributed by atoms with Crippen LogP contribution in [-0.2, 0) is 12.8 Å². The Balaban J connectivity index is 0.000000128. The number of nitrogen functional groups attached to an aromatic ring is 1. The Labute approximate surface area is 106 Å². The van der Waals surface area contributed by atoms with Crippen molar-refractivity contribution < 1.29 is 0 Å². The summed E-state index contributed by atoms with van der Waals surface area (Å²) in [7, 11) is 0. The smallest absolute Gasteiger partial charge is 0.149 e. The van der Waals surface area contributed by atoms with Crippen LogP contribution >= 0.6 is 11.6 Å². The van der Waals surface area contributed by atoms with E-state index in [2.05, 4.69) is 34.2 Å². The van der Waals surface area contributed by atoms with E-state index in [9.17, 15) is 0 Å². The largest absolute Gasteiger partial charge is 0.382 e. The Morgan fingerprint density at radius 1 is 1.06 bits per heavy atom. The van der Waals surface area contributed by atoms with E-state index in [1.165, 1.54) is 31.7 Å². The summed E-state index contributed by atoms with van der Waals surface area (Å²) in [6.07, 6.45) is 6.83. The molecule has 1 aliphatic carbocycles. The van der Waals surface area contributed by atoms with Crippen molar-refractivity contribution in [2.24, 2.45) is 0 Å². The number of fused-ring (bicyclic) bond motifs is 1. The standard InChI is InChI=1S/C9H10.C4H4ClN3/c1-2-5-9-7-3-6-8(9)4-1;5-3-1-7-2-4(6)8-3/h1-2,4-5H,3,6-7H2;1-2H,(H2,6,8). The van der Waals surface area contributed by atoms with Crippen LogP contribution in [0.25, 0.3) is 0 Å². The van der Waals surface area contributed by atoms with Crippen molar-refractivity contribution in [3.63, 3.8) is 0 Å². The van der Waals surface area contributed by atoms with Gasteiger partial charge in [-0.05, 0) is 30.4 Å². The number of nitrogens with two attached hydrogens (primary N) is 1. The van der Waals surface area contributed by atoms with Gasteiger partial charge in [-0.3, -0.25) is 4.98 Å². The molecule has 0 bridgehead atoms. The van der Waals surface area contributed by atoms with E-state index in [-0.39, 0.29) is 0 Å². The Hall–Kier alpha value is -1.61. The quantitative estimate of drug-likeness (QED) is 0.779. The van der Waals surface area contributed by atoms with E-state index in [0.29, 0.717) is 11.0 Å². The zero-order valence-electron chi connectivity index (χ0n) is 9.44. The van der Waals surface area contributed by atoms with Gasteiger partial charge in [0.15, 0.2) is 0 Å². The number of aryl methyl sites for hydroxylation is 2. The summed E-state index contributed by atoms with van der Waals surface area (Å²) in [5.41, 5.74) is 8.33. The molecule has 0 aliphatic heterocycles. The third kappa shape index (κ3) is 3.43. The van der Waals surface area contributed by atoms with Gasteiger partial charge in [0.05, 0.1) is 12.4 Å². The Morgan fingerprint density at radius 3 is 2.18 bits per heavy atom. The predicted molar refractivity (Wildman–Crippen MR) is 69.9 cm³/mol. The number of halogens is 1. The van der Waals surface area contributed by atoms with Crippen LogP contribution < -0.4 is 5.73 Å². The minimum absolute atomic E-state index is 0.324. The minimum atomic E-state index is 0.324. The summed E-state index contributed by atoms with van der Waals surface area (Å²) in [4.78, 5) is 7.32. The highest BCUT2D eigenvalue weighted by atomic mass is 35.5. The van der Waals surface area contributed by atoms with Gasteiger partial charge in [-0.2, -0.15) is 0 Å². The molecule has 0 radical (unpaired) electrons.